The fourth-order valence-corrected chi connectivity index (χ4v) is 2.62. The molecule has 0 saturated carbocycles. The van der Waals surface area contributed by atoms with Gasteiger partial charge in [0.15, 0.2) is 6.10 Å². The van der Waals surface area contributed by atoms with E-state index < -0.39 is 6.10 Å². The molecule has 1 aliphatic rings. The number of ether oxygens (including phenoxy) is 4. The number of benzene rings is 1. The number of hydrogen-bond acceptors (Lipinski definition) is 5. The summed E-state index contributed by atoms with van der Waals surface area (Å²) in [7, 11) is 0. The van der Waals surface area contributed by atoms with Crippen LogP contribution in [0.15, 0.2) is 24.3 Å². The first kappa shape index (κ1) is 17.6. The molecule has 1 heterocycles. The van der Waals surface area contributed by atoms with Gasteiger partial charge in [0.25, 0.3) is 0 Å². The second-order valence-corrected chi connectivity index (χ2v) is 5.88. The summed E-state index contributed by atoms with van der Waals surface area (Å²) in [5.41, 5.74) is 0. The van der Waals surface area contributed by atoms with Crippen LogP contribution in [0.1, 0.15) is 33.6 Å². The van der Waals surface area contributed by atoms with Gasteiger partial charge in [0.05, 0.1) is 12.7 Å². The summed E-state index contributed by atoms with van der Waals surface area (Å²) in [6.07, 6.45) is 1.08. The van der Waals surface area contributed by atoms with Gasteiger partial charge in [0.1, 0.15) is 11.5 Å². The van der Waals surface area contributed by atoms with E-state index in [4.69, 9.17) is 18.9 Å². The molecule has 23 heavy (non-hydrogen) atoms. The van der Waals surface area contributed by atoms with Crippen molar-refractivity contribution in [1.82, 2.24) is 0 Å². The molecule has 5 heteroatoms. The van der Waals surface area contributed by atoms with E-state index in [-0.39, 0.29) is 18.0 Å². The Morgan fingerprint density at radius 2 is 1.87 bits per heavy atom. The fourth-order valence-electron chi connectivity index (χ4n) is 2.62. The predicted octanol–water partition coefficient (Wildman–Crippen LogP) is 3.21. The van der Waals surface area contributed by atoms with Gasteiger partial charge in [-0.1, -0.05) is 6.07 Å². The quantitative estimate of drug-likeness (QED) is 0.722. The van der Waals surface area contributed by atoms with E-state index in [1.54, 1.807) is 6.92 Å². The monoisotopic (exact) mass is 322 g/mol. The number of rotatable bonds is 7. The van der Waals surface area contributed by atoms with Crippen molar-refractivity contribution in [3.8, 4) is 11.5 Å². The van der Waals surface area contributed by atoms with Crippen LogP contribution in [0.4, 0.5) is 0 Å². The molecule has 1 aliphatic heterocycles. The molecule has 1 aromatic rings. The summed E-state index contributed by atoms with van der Waals surface area (Å²) in [5.74, 6) is 1.15. The first-order valence-corrected chi connectivity index (χ1v) is 8.28. The Balaban J connectivity index is 2.11. The van der Waals surface area contributed by atoms with E-state index in [2.05, 4.69) is 0 Å². The zero-order chi connectivity index (χ0) is 16.7. The number of esters is 1. The van der Waals surface area contributed by atoms with Crippen molar-refractivity contribution in [2.75, 3.05) is 19.8 Å². The van der Waals surface area contributed by atoms with Crippen LogP contribution in [0.3, 0.4) is 0 Å². The van der Waals surface area contributed by atoms with Crippen LogP contribution in [-0.4, -0.2) is 38.0 Å². The molecule has 0 spiro atoms. The van der Waals surface area contributed by atoms with Crippen LogP contribution in [0.5, 0.6) is 11.5 Å². The van der Waals surface area contributed by atoms with E-state index in [0.29, 0.717) is 25.6 Å². The molecule has 1 fully saturated rings. The van der Waals surface area contributed by atoms with Gasteiger partial charge in [-0.3, -0.25) is 0 Å². The zero-order valence-corrected chi connectivity index (χ0v) is 14.1. The van der Waals surface area contributed by atoms with Gasteiger partial charge in [-0.05, 0) is 45.7 Å². The molecule has 0 amide bonds. The van der Waals surface area contributed by atoms with Crippen molar-refractivity contribution in [1.29, 1.82) is 0 Å². The summed E-state index contributed by atoms with van der Waals surface area (Å²) in [6, 6.07) is 7.38. The Morgan fingerprint density at radius 3 is 2.48 bits per heavy atom. The van der Waals surface area contributed by atoms with Crippen molar-refractivity contribution < 1.29 is 23.7 Å². The Morgan fingerprint density at radius 1 is 1.22 bits per heavy atom. The van der Waals surface area contributed by atoms with E-state index in [0.717, 1.165) is 18.6 Å². The summed E-state index contributed by atoms with van der Waals surface area (Å²) in [6.45, 7) is 7.39. The molecule has 5 nitrogen and oxygen atoms in total. The third-order valence-electron chi connectivity index (χ3n) is 3.65. The molecule has 1 aromatic carbocycles. The third kappa shape index (κ3) is 5.43. The molecular weight excluding hydrogens is 296 g/mol. The Bertz CT molecular complexity index is 494. The van der Waals surface area contributed by atoms with Crippen LogP contribution in [0.2, 0.25) is 0 Å². The number of carbonyl (C=O) groups excluding carboxylic acids is 1. The minimum atomic E-state index is -0.604. The highest BCUT2D eigenvalue weighted by atomic mass is 16.6. The minimum absolute atomic E-state index is 0.0848. The highest BCUT2D eigenvalue weighted by Gasteiger charge is 2.33. The summed E-state index contributed by atoms with van der Waals surface area (Å²) in [4.78, 5) is 12.3. The van der Waals surface area contributed by atoms with E-state index >= 15 is 0 Å². The van der Waals surface area contributed by atoms with Crippen molar-refractivity contribution in [3.05, 3.63) is 24.3 Å². The third-order valence-corrected chi connectivity index (χ3v) is 3.65. The second-order valence-electron chi connectivity index (χ2n) is 5.88. The van der Waals surface area contributed by atoms with Gasteiger partial charge >= 0.3 is 5.97 Å². The highest BCUT2D eigenvalue weighted by Crippen LogP contribution is 2.27. The van der Waals surface area contributed by atoms with Crippen LogP contribution in [-0.2, 0) is 14.3 Å². The molecular formula is C18H26O5. The SMILES string of the molecule is CCOC(=O)C(Oc1cccc(OC(C)C)c1)C1CCOCC1. The highest BCUT2D eigenvalue weighted by molar-refractivity contribution is 5.75. The molecule has 2 rings (SSSR count). The first-order chi connectivity index (χ1) is 11.1. The van der Waals surface area contributed by atoms with Crippen molar-refractivity contribution in [2.24, 2.45) is 5.92 Å². The Labute approximate surface area is 137 Å². The molecule has 128 valence electrons. The lowest BCUT2D eigenvalue weighted by molar-refractivity contribution is -0.155. The van der Waals surface area contributed by atoms with Crippen molar-refractivity contribution in [2.45, 2.75) is 45.8 Å². The van der Waals surface area contributed by atoms with Gasteiger partial charge in [0.2, 0.25) is 0 Å². The largest absolute Gasteiger partial charge is 0.491 e. The maximum absolute atomic E-state index is 12.3. The smallest absolute Gasteiger partial charge is 0.347 e. The van der Waals surface area contributed by atoms with Gasteiger partial charge in [-0.25, -0.2) is 4.79 Å². The molecule has 0 aromatic heterocycles. The van der Waals surface area contributed by atoms with Crippen LogP contribution < -0.4 is 9.47 Å². The number of hydrogen-bond donors (Lipinski definition) is 0. The Hall–Kier alpha value is -1.75. The lowest BCUT2D eigenvalue weighted by Crippen LogP contribution is -2.39. The van der Waals surface area contributed by atoms with Gasteiger partial charge < -0.3 is 18.9 Å². The molecule has 1 saturated heterocycles. The first-order valence-electron chi connectivity index (χ1n) is 8.28. The normalized spacial score (nSPS) is 16.9. The van der Waals surface area contributed by atoms with Gasteiger partial charge in [0, 0.05) is 25.2 Å². The van der Waals surface area contributed by atoms with Gasteiger partial charge in [-0.2, -0.15) is 0 Å². The summed E-state index contributed by atoms with van der Waals surface area (Å²) in [5, 5.41) is 0. The van der Waals surface area contributed by atoms with Crippen LogP contribution in [0, 0.1) is 5.92 Å². The molecule has 1 atom stereocenters. The molecule has 1 unspecified atom stereocenters. The zero-order valence-electron chi connectivity index (χ0n) is 14.1. The van der Waals surface area contributed by atoms with Crippen molar-refractivity contribution in [3.63, 3.8) is 0 Å². The average Bonchev–Trinajstić information content (AvgIpc) is 2.53. The van der Waals surface area contributed by atoms with Crippen LogP contribution in [0.25, 0.3) is 0 Å². The second kappa shape index (κ2) is 8.77. The van der Waals surface area contributed by atoms with E-state index in [1.165, 1.54) is 0 Å². The lowest BCUT2D eigenvalue weighted by atomic mass is 9.93. The molecule has 0 radical (unpaired) electrons. The number of carbonyl (C=O) groups is 1. The maximum atomic E-state index is 12.3. The molecule has 0 bridgehead atoms. The lowest BCUT2D eigenvalue weighted by Gasteiger charge is -2.29. The average molecular weight is 322 g/mol. The fraction of sp³-hybridized carbons (Fsp3) is 0.611. The van der Waals surface area contributed by atoms with E-state index in [1.807, 2.05) is 38.1 Å². The topological polar surface area (TPSA) is 54.0 Å². The van der Waals surface area contributed by atoms with Crippen LogP contribution >= 0.6 is 0 Å². The summed E-state index contributed by atoms with van der Waals surface area (Å²) < 4.78 is 22.2. The predicted molar refractivity (Wildman–Crippen MR) is 86.8 cm³/mol. The molecule has 0 aliphatic carbocycles. The minimum Gasteiger partial charge on any atom is -0.491 e. The summed E-state index contributed by atoms with van der Waals surface area (Å²) >= 11 is 0. The maximum Gasteiger partial charge on any atom is 0.347 e. The molecule has 0 N–H and O–H groups in total. The van der Waals surface area contributed by atoms with Gasteiger partial charge in [-0.15, -0.1) is 0 Å². The standard InChI is InChI=1S/C18H26O5/c1-4-21-18(19)17(14-8-10-20-11-9-14)23-16-7-5-6-15(12-16)22-13(2)3/h5-7,12-14,17H,4,8-11H2,1-3H3. The van der Waals surface area contributed by atoms with Crippen molar-refractivity contribution >= 4 is 5.97 Å². The Kier molecular flexibility index (Phi) is 6.71. The van der Waals surface area contributed by atoms with E-state index in [9.17, 15) is 4.79 Å².